The Morgan fingerprint density at radius 2 is 2.04 bits per heavy atom. The summed E-state index contributed by atoms with van der Waals surface area (Å²) >= 11 is 2.91. The van der Waals surface area contributed by atoms with Crippen molar-refractivity contribution in [3.8, 4) is 0 Å². The van der Waals surface area contributed by atoms with E-state index in [1.165, 1.54) is 17.6 Å². The quantitative estimate of drug-likeness (QED) is 0.801. The molecule has 1 aliphatic carbocycles. The van der Waals surface area contributed by atoms with Crippen molar-refractivity contribution < 1.29 is 13.2 Å². The van der Waals surface area contributed by atoms with E-state index in [2.05, 4.69) is 10.3 Å². The van der Waals surface area contributed by atoms with Crippen LogP contribution in [0.4, 0.5) is 5.13 Å². The lowest BCUT2D eigenvalue weighted by molar-refractivity contribution is -0.115. The van der Waals surface area contributed by atoms with E-state index in [4.69, 9.17) is 0 Å². The third kappa shape index (κ3) is 4.62. The van der Waals surface area contributed by atoms with E-state index < -0.39 is 15.1 Å². The van der Waals surface area contributed by atoms with Crippen molar-refractivity contribution in [2.24, 2.45) is 0 Å². The molecule has 1 unspecified atom stereocenters. The molecule has 8 heteroatoms. The number of carbonyl (C=O) groups excluding carboxylic acids is 1. The zero-order valence-corrected chi connectivity index (χ0v) is 16.3. The van der Waals surface area contributed by atoms with Crippen molar-refractivity contribution >= 4 is 44.0 Å². The van der Waals surface area contributed by atoms with Crippen LogP contribution in [0.25, 0.3) is 0 Å². The number of hydrogen-bond acceptors (Lipinski definition) is 6. The minimum absolute atomic E-state index is 0.219. The monoisotopic (exact) mass is 396 g/mol. The molecule has 1 amide bonds. The summed E-state index contributed by atoms with van der Waals surface area (Å²) in [6, 6.07) is 6.78. The van der Waals surface area contributed by atoms with Crippen molar-refractivity contribution in [3.63, 3.8) is 0 Å². The van der Waals surface area contributed by atoms with E-state index in [-0.39, 0.29) is 10.8 Å². The predicted octanol–water partition coefficient (Wildman–Crippen LogP) is 3.90. The lowest BCUT2D eigenvalue weighted by Crippen LogP contribution is -2.22. The van der Waals surface area contributed by atoms with Gasteiger partial charge < -0.3 is 5.32 Å². The third-order valence-electron chi connectivity index (χ3n) is 4.13. The molecule has 3 rings (SSSR count). The second kappa shape index (κ2) is 7.88. The van der Waals surface area contributed by atoms with Gasteiger partial charge in [0.05, 0.1) is 4.90 Å². The van der Waals surface area contributed by atoms with Gasteiger partial charge in [-0.25, -0.2) is 13.4 Å². The number of amides is 1. The van der Waals surface area contributed by atoms with Crippen molar-refractivity contribution in [1.82, 2.24) is 4.98 Å². The molecule has 1 aromatic carbocycles. The lowest BCUT2D eigenvalue weighted by atomic mass is 10.1. The predicted molar refractivity (Wildman–Crippen MR) is 103 cm³/mol. The van der Waals surface area contributed by atoms with E-state index in [0.29, 0.717) is 15.9 Å². The van der Waals surface area contributed by atoms with E-state index >= 15 is 0 Å². The van der Waals surface area contributed by atoms with Gasteiger partial charge in [0.1, 0.15) is 5.25 Å². The summed E-state index contributed by atoms with van der Waals surface area (Å²) in [6.07, 6.45) is 7.25. The molecule has 2 aromatic rings. The molecule has 134 valence electrons. The molecule has 0 aliphatic heterocycles. The zero-order valence-electron chi connectivity index (χ0n) is 13.8. The lowest BCUT2D eigenvalue weighted by Gasteiger charge is -2.21. The maximum atomic E-state index is 12.9. The molecule has 1 aliphatic rings. The van der Waals surface area contributed by atoms with Crippen LogP contribution in [0.15, 0.2) is 40.7 Å². The first-order chi connectivity index (χ1) is 11.9. The van der Waals surface area contributed by atoms with Gasteiger partial charge in [0.25, 0.3) is 0 Å². The standard InChI is InChI=1S/C17H20N2O3S3/c1-25(21,22)14-9-5-4-8-13(14)15(24-12-6-2-3-7-12)16(20)19-17-18-10-11-23-17/h4-5,8-12,15H,2-3,6-7H2,1H3,(H,18,19,20). The molecular weight excluding hydrogens is 376 g/mol. The highest BCUT2D eigenvalue weighted by Crippen LogP contribution is 2.42. The van der Waals surface area contributed by atoms with Crippen LogP contribution < -0.4 is 5.32 Å². The Balaban J connectivity index is 1.94. The molecule has 0 bridgehead atoms. The molecule has 5 nitrogen and oxygen atoms in total. The summed E-state index contributed by atoms with van der Waals surface area (Å²) in [5.74, 6) is -0.219. The highest BCUT2D eigenvalue weighted by atomic mass is 32.2. The van der Waals surface area contributed by atoms with Crippen LogP contribution >= 0.6 is 23.1 Å². The number of anilines is 1. The normalized spacial score (nSPS) is 16.7. The van der Waals surface area contributed by atoms with Crippen LogP contribution in [-0.4, -0.2) is 30.8 Å². The van der Waals surface area contributed by atoms with Gasteiger partial charge in [-0.1, -0.05) is 31.0 Å². The molecule has 25 heavy (non-hydrogen) atoms. The van der Waals surface area contributed by atoms with Crippen molar-refractivity contribution in [2.75, 3.05) is 11.6 Å². The van der Waals surface area contributed by atoms with Gasteiger partial charge >= 0.3 is 0 Å². The number of sulfone groups is 1. The van der Waals surface area contributed by atoms with Crippen LogP contribution in [0, 0.1) is 0 Å². The summed E-state index contributed by atoms with van der Waals surface area (Å²) in [4.78, 5) is 17.2. The summed E-state index contributed by atoms with van der Waals surface area (Å²) in [7, 11) is -3.41. The SMILES string of the molecule is CS(=O)(=O)c1ccccc1C(SC1CCCC1)C(=O)Nc1nccs1. The van der Waals surface area contributed by atoms with Gasteiger partial charge in [-0.3, -0.25) is 4.79 Å². The fourth-order valence-corrected chi connectivity index (χ4v) is 6.06. The second-order valence-electron chi connectivity index (χ2n) is 6.06. The maximum Gasteiger partial charge on any atom is 0.243 e. The number of nitrogens with zero attached hydrogens (tertiary/aromatic N) is 1. The van der Waals surface area contributed by atoms with Crippen molar-refractivity contribution in [2.45, 2.75) is 41.1 Å². The number of thiazole rings is 1. The molecule has 0 saturated heterocycles. The Labute approximate surface area is 156 Å². The summed E-state index contributed by atoms with van der Waals surface area (Å²) in [5, 5.41) is 4.95. The van der Waals surface area contributed by atoms with Crippen LogP contribution in [0.3, 0.4) is 0 Å². The van der Waals surface area contributed by atoms with E-state index in [9.17, 15) is 13.2 Å². The first kappa shape index (κ1) is 18.4. The molecule has 0 radical (unpaired) electrons. The number of nitrogens with one attached hydrogen (secondary N) is 1. The van der Waals surface area contributed by atoms with Crippen LogP contribution in [0.1, 0.15) is 36.5 Å². The van der Waals surface area contributed by atoms with E-state index in [1.807, 2.05) is 0 Å². The second-order valence-corrected chi connectivity index (χ2v) is 10.3. The molecule has 1 saturated carbocycles. The van der Waals surface area contributed by atoms with E-state index in [1.54, 1.807) is 47.6 Å². The molecule has 1 aromatic heterocycles. The Kier molecular flexibility index (Phi) is 5.81. The van der Waals surface area contributed by atoms with Crippen molar-refractivity contribution in [1.29, 1.82) is 0 Å². The van der Waals surface area contributed by atoms with Gasteiger partial charge in [0.15, 0.2) is 15.0 Å². The Morgan fingerprint density at radius 1 is 1.32 bits per heavy atom. The highest BCUT2D eigenvalue weighted by molar-refractivity contribution is 8.00. The first-order valence-electron chi connectivity index (χ1n) is 8.10. The fraction of sp³-hybridized carbons (Fsp3) is 0.412. The largest absolute Gasteiger partial charge is 0.301 e. The van der Waals surface area contributed by atoms with Gasteiger partial charge in [0.2, 0.25) is 5.91 Å². The third-order valence-corrected chi connectivity index (χ3v) is 7.59. The molecule has 1 fully saturated rings. The zero-order chi connectivity index (χ0) is 17.9. The van der Waals surface area contributed by atoms with Crippen LogP contribution in [0.5, 0.6) is 0 Å². The smallest absolute Gasteiger partial charge is 0.243 e. The molecule has 1 atom stereocenters. The summed E-state index contributed by atoms with van der Waals surface area (Å²) in [6.45, 7) is 0. The highest BCUT2D eigenvalue weighted by Gasteiger charge is 2.31. The van der Waals surface area contributed by atoms with Gasteiger partial charge in [0, 0.05) is 23.1 Å². The Morgan fingerprint density at radius 3 is 2.68 bits per heavy atom. The van der Waals surface area contributed by atoms with Gasteiger partial charge in [-0.2, -0.15) is 0 Å². The number of hydrogen-bond donors (Lipinski definition) is 1. The van der Waals surface area contributed by atoms with E-state index in [0.717, 1.165) is 25.7 Å². The first-order valence-corrected chi connectivity index (χ1v) is 11.8. The van der Waals surface area contributed by atoms with Crippen LogP contribution in [0.2, 0.25) is 0 Å². The fourth-order valence-electron chi connectivity index (χ4n) is 2.98. The minimum Gasteiger partial charge on any atom is -0.301 e. The number of rotatable bonds is 6. The number of aromatic nitrogens is 1. The maximum absolute atomic E-state index is 12.9. The molecule has 1 heterocycles. The molecule has 0 spiro atoms. The summed E-state index contributed by atoms with van der Waals surface area (Å²) < 4.78 is 24.4. The molecule has 1 N–H and O–H groups in total. The number of thioether (sulfide) groups is 1. The van der Waals surface area contributed by atoms with Gasteiger partial charge in [-0.15, -0.1) is 23.1 Å². The topological polar surface area (TPSA) is 76.1 Å². The van der Waals surface area contributed by atoms with Gasteiger partial charge in [-0.05, 0) is 24.5 Å². The average molecular weight is 397 g/mol. The van der Waals surface area contributed by atoms with Crippen LogP contribution in [-0.2, 0) is 14.6 Å². The summed E-state index contributed by atoms with van der Waals surface area (Å²) in [5.41, 5.74) is 0.552. The molecular formula is C17H20N2O3S3. The Bertz CT molecular complexity index is 829. The Hall–Kier alpha value is -1.38. The van der Waals surface area contributed by atoms with Crippen molar-refractivity contribution in [3.05, 3.63) is 41.4 Å². The average Bonchev–Trinajstić information content (AvgIpc) is 3.25. The number of carbonyl (C=O) groups is 1. The minimum atomic E-state index is -3.41. The number of benzene rings is 1.